The Kier molecular flexibility index (Phi) is 4.06. The number of rotatable bonds is 5. The highest BCUT2D eigenvalue weighted by atomic mass is 32.2. The van der Waals surface area contributed by atoms with Crippen LogP contribution in [0.4, 0.5) is 0 Å². The van der Waals surface area contributed by atoms with E-state index in [-0.39, 0.29) is 12.3 Å². The third-order valence-corrected chi connectivity index (χ3v) is 3.02. The van der Waals surface area contributed by atoms with Crippen molar-refractivity contribution in [2.24, 2.45) is 5.73 Å². The van der Waals surface area contributed by atoms with E-state index >= 15 is 0 Å². The summed E-state index contributed by atoms with van der Waals surface area (Å²) in [5.74, 6) is 0.00778. The molecule has 0 aliphatic carbocycles. The first-order chi connectivity index (χ1) is 6.64. The van der Waals surface area contributed by atoms with E-state index in [1.54, 1.807) is 12.1 Å². The SMILES string of the molecule is NCCNS(=O)(=O)Cc1ccccc1. The minimum Gasteiger partial charge on any atom is -0.329 e. The number of sulfonamides is 1. The van der Waals surface area contributed by atoms with Gasteiger partial charge in [0.1, 0.15) is 0 Å². The fourth-order valence-electron chi connectivity index (χ4n) is 1.06. The van der Waals surface area contributed by atoms with Crippen molar-refractivity contribution in [3.63, 3.8) is 0 Å². The highest BCUT2D eigenvalue weighted by Crippen LogP contribution is 2.03. The normalized spacial score (nSPS) is 11.5. The summed E-state index contributed by atoms with van der Waals surface area (Å²) in [7, 11) is -3.23. The molecule has 5 heteroatoms. The Morgan fingerprint density at radius 2 is 1.86 bits per heavy atom. The van der Waals surface area contributed by atoms with Gasteiger partial charge >= 0.3 is 0 Å². The van der Waals surface area contributed by atoms with Crippen molar-refractivity contribution in [2.75, 3.05) is 13.1 Å². The van der Waals surface area contributed by atoms with Crippen molar-refractivity contribution < 1.29 is 8.42 Å². The molecule has 4 nitrogen and oxygen atoms in total. The molecule has 1 aromatic carbocycles. The maximum Gasteiger partial charge on any atom is 0.215 e. The van der Waals surface area contributed by atoms with Crippen molar-refractivity contribution in [3.05, 3.63) is 35.9 Å². The van der Waals surface area contributed by atoms with Crippen LogP contribution < -0.4 is 10.5 Å². The van der Waals surface area contributed by atoms with Crippen molar-refractivity contribution in [3.8, 4) is 0 Å². The van der Waals surface area contributed by atoms with Crippen LogP contribution in [0.2, 0.25) is 0 Å². The maximum atomic E-state index is 11.4. The van der Waals surface area contributed by atoms with E-state index in [1.807, 2.05) is 18.2 Å². The first-order valence-electron chi connectivity index (χ1n) is 4.35. The zero-order valence-corrected chi connectivity index (χ0v) is 8.63. The second-order valence-electron chi connectivity index (χ2n) is 2.93. The standard InChI is InChI=1S/C9H14N2O2S/c10-6-7-11-14(12,13)8-9-4-2-1-3-5-9/h1-5,11H,6-8,10H2. The van der Waals surface area contributed by atoms with Gasteiger partial charge in [-0.3, -0.25) is 0 Å². The summed E-state index contributed by atoms with van der Waals surface area (Å²) < 4.78 is 25.2. The molecule has 0 saturated heterocycles. The van der Waals surface area contributed by atoms with Gasteiger partial charge in [0.2, 0.25) is 10.0 Å². The van der Waals surface area contributed by atoms with Crippen LogP contribution in [0.15, 0.2) is 30.3 Å². The zero-order valence-electron chi connectivity index (χ0n) is 7.81. The first kappa shape index (κ1) is 11.2. The van der Waals surface area contributed by atoms with Gasteiger partial charge in [-0.05, 0) is 5.56 Å². The summed E-state index contributed by atoms with van der Waals surface area (Å²) in [6.45, 7) is 0.600. The minimum atomic E-state index is -3.23. The molecule has 1 rings (SSSR count). The lowest BCUT2D eigenvalue weighted by Crippen LogP contribution is -2.30. The highest BCUT2D eigenvalue weighted by molar-refractivity contribution is 7.88. The first-order valence-corrected chi connectivity index (χ1v) is 6.00. The molecule has 0 heterocycles. The number of hydrogen-bond acceptors (Lipinski definition) is 3. The summed E-state index contributed by atoms with van der Waals surface area (Å²) in [6, 6.07) is 9.04. The number of nitrogens with two attached hydrogens (primary N) is 1. The van der Waals surface area contributed by atoms with Crippen molar-refractivity contribution >= 4 is 10.0 Å². The van der Waals surface area contributed by atoms with Gasteiger partial charge in [0.15, 0.2) is 0 Å². The van der Waals surface area contributed by atoms with E-state index in [9.17, 15) is 8.42 Å². The Labute approximate surface area is 84.2 Å². The van der Waals surface area contributed by atoms with E-state index in [1.165, 1.54) is 0 Å². The average molecular weight is 214 g/mol. The van der Waals surface area contributed by atoms with E-state index in [4.69, 9.17) is 5.73 Å². The predicted octanol–water partition coefficient (Wildman–Crippen LogP) is 0.0647. The summed E-state index contributed by atoms with van der Waals surface area (Å²) in [5, 5.41) is 0. The fraction of sp³-hybridized carbons (Fsp3) is 0.333. The quantitative estimate of drug-likeness (QED) is 0.728. The third kappa shape index (κ3) is 3.87. The van der Waals surface area contributed by atoms with Crippen LogP contribution in [0.25, 0.3) is 0 Å². The van der Waals surface area contributed by atoms with Crippen LogP contribution in [0.5, 0.6) is 0 Å². The highest BCUT2D eigenvalue weighted by Gasteiger charge is 2.09. The van der Waals surface area contributed by atoms with Gasteiger partial charge in [0.05, 0.1) is 5.75 Å². The molecular formula is C9H14N2O2S. The molecule has 78 valence electrons. The Hall–Kier alpha value is -0.910. The smallest absolute Gasteiger partial charge is 0.215 e. The molecule has 0 bridgehead atoms. The molecule has 0 saturated carbocycles. The van der Waals surface area contributed by atoms with Crippen LogP contribution in [0.3, 0.4) is 0 Å². The average Bonchev–Trinajstić information content (AvgIpc) is 2.16. The fourth-order valence-corrected chi connectivity index (χ4v) is 2.22. The molecule has 14 heavy (non-hydrogen) atoms. The molecule has 0 aliphatic rings. The van der Waals surface area contributed by atoms with Crippen LogP contribution in [-0.2, 0) is 15.8 Å². The van der Waals surface area contributed by atoms with Gasteiger partial charge in [-0.25, -0.2) is 13.1 Å². The lowest BCUT2D eigenvalue weighted by atomic mass is 10.2. The lowest BCUT2D eigenvalue weighted by molar-refractivity contribution is 0.581. The maximum absolute atomic E-state index is 11.4. The Morgan fingerprint density at radius 1 is 1.21 bits per heavy atom. The molecule has 0 atom stereocenters. The molecular weight excluding hydrogens is 200 g/mol. The molecule has 0 fully saturated rings. The largest absolute Gasteiger partial charge is 0.329 e. The molecule has 3 N–H and O–H groups in total. The predicted molar refractivity (Wildman–Crippen MR) is 56.1 cm³/mol. The van der Waals surface area contributed by atoms with Crippen molar-refractivity contribution in [1.29, 1.82) is 0 Å². The monoisotopic (exact) mass is 214 g/mol. The van der Waals surface area contributed by atoms with E-state index in [2.05, 4.69) is 4.72 Å². The van der Waals surface area contributed by atoms with Gasteiger partial charge in [0, 0.05) is 13.1 Å². The Bertz CT molecular complexity index is 362. The summed E-state index contributed by atoms with van der Waals surface area (Å²) in [6.07, 6.45) is 0. The molecule has 0 aliphatic heterocycles. The van der Waals surface area contributed by atoms with Gasteiger partial charge in [-0.2, -0.15) is 0 Å². The summed E-state index contributed by atoms with van der Waals surface area (Å²) in [4.78, 5) is 0. The molecule has 0 aromatic heterocycles. The molecule has 0 radical (unpaired) electrons. The summed E-state index contributed by atoms with van der Waals surface area (Å²) >= 11 is 0. The van der Waals surface area contributed by atoms with E-state index < -0.39 is 10.0 Å². The number of nitrogens with one attached hydrogen (secondary N) is 1. The van der Waals surface area contributed by atoms with Crippen LogP contribution >= 0.6 is 0 Å². The lowest BCUT2D eigenvalue weighted by Gasteiger charge is -2.04. The molecule has 0 unspecified atom stereocenters. The molecule has 0 amide bonds. The Morgan fingerprint density at radius 3 is 2.43 bits per heavy atom. The molecule has 1 aromatic rings. The number of hydrogen-bond donors (Lipinski definition) is 2. The van der Waals surface area contributed by atoms with Crippen LogP contribution in [0.1, 0.15) is 5.56 Å². The van der Waals surface area contributed by atoms with Crippen LogP contribution in [-0.4, -0.2) is 21.5 Å². The van der Waals surface area contributed by atoms with Gasteiger partial charge in [0.25, 0.3) is 0 Å². The zero-order chi connectivity index (χ0) is 10.4. The second kappa shape index (κ2) is 5.09. The third-order valence-electron chi connectivity index (χ3n) is 1.67. The van der Waals surface area contributed by atoms with Gasteiger partial charge in [-0.1, -0.05) is 30.3 Å². The summed E-state index contributed by atoms with van der Waals surface area (Å²) in [5.41, 5.74) is 5.98. The second-order valence-corrected chi connectivity index (χ2v) is 4.73. The molecule has 0 spiro atoms. The Balaban J connectivity index is 2.60. The van der Waals surface area contributed by atoms with Crippen LogP contribution in [0, 0.1) is 0 Å². The van der Waals surface area contributed by atoms with Crippen molar-refractivity contribution in [1.82, 2.24) is 4.72 Å². The van der Waals surface area contributed by atoms with Gasteiger partial charge in [-0.15, -0.1) is 0 Å². The topological polar surface area (TPSA) is 72.2 Å². The van der Waals surface area contributed by atoms with Gasteiger partial charge < -0.3 is 5.73 Å². The van der Waals surface area contributed by atoms with E-state index in [0.29, 0.717) is 6.54 Å². The minimum absolute atomic E-state index is 0.00778. The van der Waals surface area contributed by atoms with Crippen molar-refractivity contribution in [2.45, 2.75) is 5.75 Å². The van der Waals surface area contributed by atoms with E-state index in [0.717, 1.165) is 5.56 Å². The number of benzene rings is 1.